The summed E-state index contributed by atoms with van der Waals surface area (Å²) in [5.41, 5.74) is 3.54. The molecule has 0 saturated heterocycles. The van der Waals surface area contributed by atoms with Crippen molar-refractivity contribution in [1.82, 2.24) is 0 Å². The van der Waals surface area contributed by atoms with E-state index in [9.17, 15) is 4.79 Å². The van der Waals surface area contributed by atoms with Crippen LogP contribution in [0.5, 0.6) is 0 Å². The molecular weight excluding hydrogens is 220 g/mol. The average Bonchev–Trinajstić information content (AvgIpc) is 2.45. The molecule has 0 unspecified atom stereocenters. The summed E-state index contributed by atoms with van der Waals surface area (Å²) in [7, 11) is 0. The summed E-state index contributed by atoms with van der Waals surface area (Å²) in [6, 6.07) is 18.6. The molecule has 0 bridgehead atoms. The molecule has 88 valence electrons. The minimum atomic E-state index is 0.767. The van der Waals surface area contributed by atoms with Crippen LogP contribution in [0, 0.1) is 0 Å². The van der Waals surface area contributed by atoms with E-state index in [2.05, 4.69) is 36.4 Å². The molecule has 0 fully saturated rings. The smallest absolute Gasteiger partial charge is 0.142 e. The standard InChI is InChI=1S/C17H14O/c18-14-6-2-3-7-15-10-12-17(13-11-15)16-8-4-1-5-9-16/h1-14H/b6-2+,7-3+. The summed E-state index contributed by atoms with van der Waals surface area (Å²) in [6.45, 7) is 0. The highest BCUT2D eigenvalue weighted by molar-refractivity contribution is 5.67. The summed E-state index contributed by atoms with van der Waals surface area (Å²) in [5.74, 6) is 0. The van der Waals surface area contributed by atoms with Gasteiger partial charge in [-0.3, -0.25) is 4.79 Å². The molecule has 2 aromatic rings. The van der Waals surface area contributed by atoms with Crippen LogP contribution in [0.4, 0.5) is 0 Å². The Morgan fingerprint density at radius 2 is 1.33 bits per heavy atom. The maximum Gasteiger partial charge on any atom is 0.142 e. The first-order valence-corrected chi connectivity index (χ1v) is 5.84. The van der Waals surface area contributed by atoms with E-state index in [0.29, 0.717) is 0 Å². The van der Waals surface area contributed by atoms with Crippen molar-refractivity contribution in [2.75, 3.05) is 0 Å². The summed E-state index contributed by atoms with van der Waals surface area (Å²) in [6.07, 6.45) is 7.77. The molecule has 1 nitrogen and oxygen atoms in total. The highest BCUT2D eigenvalue weighted by atomic mass is 16.1. The Labute approximate surface area is 107 Å². The van der Waals surface area contributed by atoms with E-state index in [-0.39, 0.29) is 0 Å². The summed E-state index contributed by atoms with van der Waals surface area (Å²) < 4.78 is 0. The average molecular weight is 234 g/mol. The van der Waals surface area contributed by atoms with Gasteiger partial charge in [0.15, 0.2) is 0 Å². The van der Waals surface area contributed by atoms with E-state index in [0.717, 1.165) is 11.8 Å². The number of hydrogen-bond donors (Lipinski definition) is 0. The van der Waals surface area contributed by atoms with E-state index in [4.69, 9.17) is 0 Å². The molecule has 2 rings (SSSR count). The number of rotatable bonds is 4. The van der Waals surface area contributed by atoms with Crippen LogP contribution in [-0.4, -0.2) is 6.29 Å². The zero-order valence-electron chi connectivity index (χ0n) is 9.99. The van der Waals surface area contributed by atoms with Crippen LogP contribution in [-0.2, 0) is 4.79 Å². The first-order valence-electron chi connectivity index (χ1n) is 5.84. The van der Waals surface area contributed by atoms with Gasteiger partial charge in [-0.15, -0.1) is 0 Å². The Morgan fingerprint density at radius 1 is 0.667 bits per heavy atom. The second-order valence-electron chi connectivity index (χ2n) is 3.87. The molecule has 0 atom stereocenters. The van der Waals surface area contributed by atoms with Crippen molar-refractivity contribution in [3.63, 3.8) is 0 Å². The van der Waals surface area contributed by atoms with Crippen molar-refractivity contribution in [3.05, 3.63) is 78.4 Å². The largest absolute Gasteiger partial charge is 0.299 e. The van der Waals surface area contributed by atoms with E-state index in [1.165, 1.54) is 17.2 Å². The fraction of sp³-hybridized carbons (Fsp3) is 0. The fourth-order valence-electron chi connectivity index (χ4n) is 1.69. The minimum absolute atomic E-state index is 0.767. The van der Waals surface area contributed by atoms with Gasteiger partial charge in [0.25, 0.3) is 0 Å². The third-order valence-corrected chi connectivity index (χ3v) is 2.61. The Bertz CT molecular complexity index is 548. The lowest BCUT2D eigenvalue weighted by atomic mass is 10.0. The van der Waals surface area contributed by atoms with Crippen LogP contribution in [0.2, 0.25) is 0 Å². The van der Waals surface area contributed by atoms with Gasteiger partial charge in [-0.05, 0) is 22.8 Å². The summed E-state index contributed by atoms with van der Waals surface area (Å²) in [5, 5.41) is 0. The van der Waals surface area contributed by atoms with Crippen molar-refractivity contribution in [1.29, 1.82) is 0 Å². The van der Waals surface area contributed by atoms with E-state index < -0.39 is 0 Å². The Balaban J connectivity index is 2.13. The SMILES string of the molecule is O=C/C=C/C=C/c1ccc(-c2ccccc2)cc1. The van der Waals surface area contributed by atoms with Crippen molar-refractivity contribution < 1.29 is 4.79 Å². The maximum atomic E-state index is 10.1. The molecule has 0 spiro atoms. The zero-order chi connectivity index (χ0) is 12.6. The molecule has 0 saturated carbocycles. The second-order valence-corrected chi connectivity index (χ2v) is 3.87. The Morgan fingerprint density at radius 3 is 2.00 bits per heavy atom. The summed E-state index contributed by atoms with van der Waals surface area (Å²) >= 11 is 0. The molecule has 0 aliphatic carbocycles. The molecule has 0 aromatic heterocycles. The molecular formula is C17H14O. The predicted molar refractivity (Wildman–Crippen MR) is 76.1 cm³/mol. The number of hydrogen-bond acceptors (Lipinski definition) is 1. The second kappa shape index (κ2) is 6.36. The molecule has 0 amide bonds. The highest BCUT2D eigenvalue weighted by Crippen LogP contribution is 2.19. The fourth-order valence-corrected chi connectivity index (χ4v) is 1.69. The third kappa shape index (κ3) is 3.29. The van der Waals surface area contributed by atoms with Gasteiger partial charge in [0.2, 0.25) is 0 Å². The molecule has 1 heteroatoms. The number of benzene rings is 2. The quantitative estimate of drug-likeness (QED) is 0.442. The molecule has 0 radical (unpaired) electrons. The van der Waals surface area contributed by atoms with Gasteiger partial charge in [-0.2, -0.15) is 0 Å². The van der Waals surface area contributed by atoms with Gasteiger partial charge >= 0.3 is 0 Å². The molecule has 18 heavy (non-hydrogen) atoms. The molecule has 0 N–H and O–H groups in total. The Kier molecular flexibility index (Phi) is 4.26. The van der Waals surface area contributed by atoms with Gasteiger partial charge in [0, 0.05) is 0 Å². The first kappa shape index (κ1) is 12.1. The van der Waals surface area contributed by atoms with Crippen LogP contribution in [0.1, 0.15) is 5.56 Å². The van der Waals surface area contributed by atoms with Crippen molar-refractivity contribution >= 4 is 12.4 Å². The van der Waals surface area contributed by atoms with Crippen molar-refractivity contribution in [3.8, 4) is 11.1 Å². The van der Waals surface area contributed by atoms with Crippen LogP contribution in [0.3, 0.4) is 0 Å². The zero-order valence-corrected chi connectivity index (χ0v) is 9.99. The molecule has 0 aliphatic rings. The van der Waals surface area contributed by atoms with Crippen LogP contribution >= 0.6 is 0 Å². The van der Waals surface area contributed by atoms with Crippen molar-refractivity contribution in [2.45, 2.75) is 0 Å². The number of allylic oxidation sites excluding steroid dienone is 3. The van der Waals surface area contributed by atoms with Crippen LogP contribution in [0.15, 0.2) is 72.8 Å². The highest BCUT2D eigenvalue weighted by Gasteiger charge is 1.94. The third-order valence-electron chi connectivity index (χ3n) is 2.61. The monoisotopic (exact) mass is 234 g/mol. The maximum absolute atomic E-state index is 10.1. The lowest BCUT2D eigenvalue weighted by molar-refractivity contribution is -0.104. The van der Waals surface area contributed by atoms with Crippen molar-refractivity contribution in [2.24, 2.45) is 0 Å². The van der Waals surface area contributed by atoms with Gasteiger partial charge in [-0.25, -0.2) is 0 Å². The lowest BCUT2D eigenvalue weighted by Gasteiger charge is -2.01. The minimum Gasteiger partial charge on any atom is -0.299 e. The number of carbonyl (C=O) groups excluding carboxylic acids is 1. The van der Waals surface area contributed by atoms with Crippen LogP contribution < -0.4 is 0 Å². The van der Waals surface area contributed by atoms with Gasteiger partial charge < -0.3 is 0 Å². The number of carbonyl (C=O) groups is 1. The number of aldehydes is 1. The van der Waals surface area contributed by atoms with Crippen LogP contribution in [0.25, 0.3) is 17.2 Å². The lowest BCUT2D eigenvalue weighted by Crippen LogP contribution is -1.77. The molecule has 0 aliphatic heterocycles. The molecule has 0 heterocycles. The van der Waals surface area contributed by atoms with E-state index in [1.54, 1.807) is 6.08 Å². The van der Waals surface area contributed by atoms with Gasteiger partial charge in [-0.1, -0.05) is 72.8 Å². The topological polar surface area (TPSA) is 17.1 Å². The predicted octanol–water partition coefficient (Wildman–Crippen LogP) is 4.12. The van der Waals surface area contributed by atoms with Gasteiger partial charge in [0.1, 0.15) is 6.29 Å². The first-order chi connectivity index (χ1) is 8.90. The van der Waals surface area contributed by atoms with Gasteiger partial charge in [0.05, 0.1) is 0 Å². The summed E-state index contributed by atoms with van der Waals surface area (Å²) in [4.78, 5) is 10.1. The molecule has 2 aromatic carbocycles. The van der Waals surface area contributed by atoms with E-state index in [1.807, 2.05) is 30.4 Å². The normalized spacial score (nSPS) is 11.1. The van der Waals surface area contributed by atoms with E-state index >= 15 is 0 Å². The Hall–Kier alpha value is -2.41.